The molecule has 0 saturated heterocycles. The second kappa shape index (κ2) is 5.62. The topological polar surface area (TPSA) is 54.4 Å². The fourth-order valence-corrected chi connectivity index (χ4v) is 8.57. The number of carbonyl (C=O) groups is 2. The van der Waals surface area contributed by atoms with Gasteiger partial charge in [0.1, 0.15) is 17.6 Å². The number of alkyl halides is 2. The Morgan fingerprint density at radius 3 is 2.42 bits per heavy atom. The molecule has 8 atom stereocenters. The largest absolute Gasteiger partial charge is 0.382 e. The number of aliphatic hydroxyl groups is 1. The van der Waals surface area contributed by atoms with Gasteiger partial charge in [-0.25, -0.2) is 4.39 Å². The summed E-state index contributed by atoms with van der Waals surface area (Å²) in [4.78, 5) is 24.4. The monoisotopic (exact) mass is 428 g/mol. The van der Waals surface area contributed by atoms with Gasteiger partial charge in [0.15, 0.2) is 5.78 Å². The predicted octanol–water partition coefficient (Wildman–Crippen LogP) is 4.38. The van der Waals surface area contributed by atoms with E-state index in [1.807, 2.05) is 0 Å². The molecule has 146 valence electrons. The van der Waals surface area contributed by atoms with E-state index >= 15 is 4.39 Å². The Morgan fingerprint density at radius 1 is 1.15 bits per heavy atom. The van der Waals surface area contributed by atoms with E-state index in [4.69, 9.17) is 0 Å². The summed E-state index contributed by atoms with van der Waals surface area (Å²) in [6.07, 6.45) is 3.93. The van der Waals surface area contributed by atoms with E-state index in [-0.39, 0.29) is 35.2 Å². The zero-order valence-electron chi connectivity index (χ0n) is 16.0. The van der Waals surface area contributed by atoms with Gasteiger partial charge in [-0.15, -0.1) is 0 Å². The van der Waals surface area contributed by atoms with Crippen LogP contribution in [0.25, 0.3) is 0 Å². The minimum Gasteiger partial charge on any atom is -0.382 e. The number of halogens is 2. The van der Waals surface area contributed by atoms with Crippen molar-refractivity contribution in [2.45, 2.75) is 88.2 Å². The number of fused-ring (bicyclic) bond motifs is 5. The second-order valence-corrected chi connectivity index (χ2v) is 11.4. The standard InChI is InChI=1S/C21H30BrFO3/c1-12(24)21(26)9-6-16-14-10-17(23)20(22)11-13(25)4-7-18(20,2)15(14)5-8-19(16,21)3/h14-17,26H,4-11H2,1-3H3/t14-,15+,16+,17-,18-,19+,20+,21+/m1/s1. The van der Waals surface area contributed by atoms with Crippen molar-refractivity contribution in [1.29, 1.82) is 0 Å². The third kappa shape index (κ3) is 2.08. The van der Waals surface area contributed by atoms with E-state index in [9.17, 15) is 14.7 Å². The minimum absolute atomic E-state index is 0.141. The molecular formula is C21H30BrFO3. The van der Waals surface area contributed by atoms with Crippen LogP contribution in [0.1, 0.15) is 72.1 Å². The molecule has 4 rings (SSSR count). The Morgan fingerprint density at radius 2 is 1.77 bits per heavy atom. The van der Waals surface area contributed by atoms with Crippen molar-refractivity contribution in [3.8, 4) is 0 Å². The van der Waals surface area contributed by atoms with E-state index in [2.05, 4.69) is 29.8 Å². The zero-order valence-corrected chi connectivity index (χ0v) is 17.6. The van der Waals surface area contributed by atoms with E-state index in [0.717, 1.165) is 25.7 Å². The number of hydrogen-bond acceptors (Lipinski definition) is 3. The van der Waals surface area contributed by atoms with Gasteiger partial charge in [-0.1, -0.05) is 29.8 Å². The number of Topliss-reactive ketones (excluding diaryl/α,β-unsaturated/α-hetero) is 2. The smallest absolute Gasteiger partial charge is 0.161 e. The quantitative estimate of drug-likeness (QED) is 0.630. The molecule has 0 aromatic rings. The lowest BCUT2D eigenvalue weighted by atomic mass is 9.44. The van der Waals surface area contributed by atoms with Gasteiger partial charge in [0, 0.05) is 18.3 Å². The Balaban J connectivity index is 1.73. The third-order valence-electron chi connectivity index (χ3n) is 9.29. The molecule has 26 heavy (non-hydrogen) atoms. The van der Waals surface area contributed by atoms with Gasteiger partial charge in [-0.3, -0.25) is 9.59 Å². The highest BCUT2D eigenvalue weighted by molar-refractivity contribution is 9.10. The molecule has 0 aliphatic heterocycles. The van der Waals surface area contributed by atoms with Crippen LogP contribution >= 0.6 is 15.9 Å². The van der Waals surface area contributed by atoms with Gasteiger partial charge in [0.25, 0.3) is 0 Å². The normalized spacial score (nSPS) is 56.5. The fraction of sp³-hybridized carbons (Fsp3) is 0.905. The summed E-state index contributed by atoms with van der Waals surface area (Å²) in [6.45, 7) is 5.72. The van der Waals surface area contributed by atoms with Crippen LogP contribution in [-0.4, -0.2) is 32.8 Å². The first-order valence-electron chi connectivity index (χ1n) is 10.1. The Bertz CT molecular complexity index is 668. The van der Waals surface area contributed by atoms with Crippen LogP contribution in [0.15, 0.2) is 0 Å². The first kappa shape index (κ1) is 19.0. The molecule has 0 amide bonds. The molecule has 3 nitrogen and oxygen atoms in total. The summed E-state index contributed by atoms with van der Waals surface area (Å²) in [5, 5.41) is 11.2. The van der Waals surface area contributed by atoms with Crippen molar-refractivity contribution in [1.82, 2.24) is 0 Å². The van der Waals surface area contributed by atoms with Gasteiger partial charge in [-0.2, -0.15) is 0 Å². The number of rotatable bonds is 1. The fourth-order valence-electron chi connectivity index (χ4n) is 7.57. The van der Waals surface area contributed by atoms with E-state index in [1.165, 1.54) is 6.92 Å². The van der Waals surface area contributed by atoms with E-state index in [1.54, 1.807) is 0 Å². The van der Waals surface area contributed by atoms with Crippen molar-refractivity contribution in [3.63, 3.8) is 0 Å². The highest BCUT2D eigenvalue weighted by Gasteiger charge is 2.70. The molecule has 4 aliphatic rings. The van der Waals surface area contributed by atoms with Crippen molar-refractivity contribution >= 4 is 27.5 Å². The average Bonchev–Trinajstić information content (AvgIpc) is 2.84. The average molecular weight is 429 g/mol. The van der Waals surface area contributed by atoms with Crippen molar-refractivity contribution < 1.29 is 19.1 Å². The lowest BCUT2D eigenvalue weighted by Gasteiger charge is -2.64. The molecule has 4 fully saturated rings. The predicted molar refractivity (Wildman–Crippen MR) is 101 cm³/mol. The highest BCUT2D eigenvalue weighted by Crippen LogP contribution is 2.70. The van der Waals surface area contributed by atoms with Crippen LogP contribution in [0.4, 0.5) is 4.39 Å². The summed E-state index contributed by atoms with van der Waals surface area (Å²) in [5.41, 5.74) is -1.96. The van der Waals surface area contributed by atoms with Gasteiger partial charge in [0.05, 0.1) is 4.32 Å². The van der Waals surface area contributed by atoms with Gasteiger partial charge >= 0.3 is 0 Å². The van der Waals surface area contributed by atoms with E-state index in [0.29, 0.717) is 25.2 Å². The molecule has 0 radical (unpaired) electrons. The van der Waals surface area contributed by atoms with Crippen molar-refractivity contribution in [2.24, 2.45) is 28.6 Å². The van der Waals surface area contributed by atoms with Crippen molar-refractivity contribution in [3.05, 3.63) is 0 Å². The second-order valence-electron chi connectivity index (χ2n) is 9.99. The minimum atomic E-state index is -1.26. The van der Waals surface area contributed by atoms with Gasteiger partial charge in [-0.05, 0) is 68.6 Å². The summed E-state index contributed by atoms with van der Waals surface area (Å²) < 4.78 is 14.7. The summed E-state index contributed by atoms with van der Waals surface area (Å²) in [7, 11) is 0. The Kier molecular flexibility index (Phi) is 4.12. The van der Waals surface area contributed by atoms with Crippen LogP contribution < -0.4 is 0 Å². The molecule has 0 aromatic carbocycles. The molecular weight excluding hydrogens is 399 g/mol. The molecule has 0 heterocycles. The number of hydrogen-bond donors (Lipinski definition) is 1. The van der Waals surface area contributed by atoms with Crippen LogP contribution in [0.3, 0.4) is 0 Å². The summed E-state index contributed by atoms with van der Waals surface area (Å²) in [5.74, 6) is 0.723. The lowest BCUT2D eigenvalue weighted by Crippen LogP contribution is -2.65. The maximum atomic E-state index is 15.5. The molecule has 1 N–H and O–H groups in total. The van der Waals surface area contributed by atoms with Crippen LogP contribution in [0, 0.1) is 28.6 Å². The maximum Gasteiger partial charge on any atom is 0.161 e. The number of ketones is 2. The van der Waals surface area contributed by atoms with Gasteiger partial charge < -0.3 is 5.11 Å². The maximum absolute atomic E-state index is 15.5. The first-order chi connectivity index (χ1) is 12.0. The third-order valence-corrected chi connectivity index (χ3v) is 11.0. The van der Waals surface area contributed by atoms with Crippen LogP contribution in [-0.2, 0) is 9.59 Å². The Hall–Kier alpha value is -0.290. The van der Waals surface area contributed by atoms with Crippen molar-refractivity contribution in [2.75, 3.05) is 0 Å². The molecule has 0 bridgehead atoms. The lowest BCUT2D eigenvalue weighted by molar-refractivity contribution is -0.171. The summed E-state index contributed by atoms with van der Waals surface area (Å²) >= 11 is 3.73. The molecule has 4 saturated carbocycles. The van der Waals surface area contributed by atoms with Crippen LogP contribution in [0.2, 0.25) is 0 Å². The number of carbonyl (C=O) groups excluding carboxylic acids is 2. The van der Waals surface area contributed by atoms with Crippen LogP contribution in [0.5, 0.6) is 0 Å². The first-order valence-corrected chi connectivity index (χ1v) is 10.9. The molecule has 0 aromatic heterocycles. The van der Waals surface area contributed by atoms with Gasteiger partial charge in [0.2, 0.25) is 0 Å². The zero-order chi connectivity index (χ0) is 19.1. The Labute approximate surface area is 163 Å². The molecule has 5 heteroatoms. The molecule has 0 unspecified atom stereocenters. The SMILES string of the molecule is CC(=O)[C@@]1(O)CC[C@H]2[C@@H]3C[C@@H](F)[C@@]4(Br)CC(=O)CC[C@]4(C)[C@H]3CC[C@@]21C. The summed E-state index contributed by atoms with van der Waals surface area (Å²) in [6, 6.07) is 0. The molecule has 0 spiro atoms. The van der Waals surface area contributed by atoms with E-state index < -0.39 is 21.5 Å². The molecule has 4 aliphatic carbocycles. The highest BCUT2D eigenvalue weighted by atomic mass is 79.9.